The molecule has 0 aliphatic carbocycles. The van der Waals surface area contributed by atoms with Crippen molar-refractivity contribution in [1.82, 2.24) is 14.8 Å². The average molecular weight is 359 g/mol. The Balaban J connectivity index is 1.82. The van der Waals surface area contributed by atoms with E-state index in [1.54, 1.807) is 17.7 Å². The highest BCUT2D eigenvalue weighted by Gasteiger charge is 2.23. The van der Waals surface area contributed by atoms with E-state index in [0.717, 1.165) is 21.7 Å². The van der Waals surface area contributed by atoms with Gasteiger partial charge in [0.15, 0.2) is 0 Å². The van der Waals surface area contributed by atoms with Crippen molar-refractivity contribution in [3.05, 3.63) is 69.1 Å². The van der Waals surface area contributed by atoms with Crippen molar-refractivity contribution in [3.8, 4) is 0 Å². The number of rotatable bonds is 2. The second-order valence-corrected chi connectivity index (χ2v) is 6.60. The first kappa shape index (κ1) is 12.8. The number of aromatic nitrogens is 3. The predicted molar refractivity (Wildman–Crippen MR) is 88.2 cm³/mol. The van der Waals surface area contributed by atoms with E-state index in [1.165, 1.54) is 4.88 Å². The third-order valence-electron chi connectivity index (χ3n) is 3.38. The van der Waals surface area contributed by atoms with Crippen LogP contribution in [0.2, 0.25) is 0 Å². The summed E-state index contributed by atoms with van der Waals surface area (Å²) in [5.74, 6) is 0.769. The quantitative estimate of drug-likeness (QED) is 0.747. The first-order valence-corrected chi connectivity index (χ1v) is 8.16. The van der Waals surface area contributed by atoms with Crippen molar-refractivity contribution in [1.29, 1.82) is 0 Å². The normalized spacial score (nSPS) is 17.0. The van der Waals surface area contributed by atoms with Crippen LogP contribution in [0, 0.1) is 0 Å². The Morgan fingerprint density at radius 1 is 1.24 bits per heavy atom. The second kappa shape index (κ2) is 5.13. The highest BCUT2D eigenvalue weighted by Crippen LogP contribution is 2.34. The van der Waals surface area contributed by atoms with Crippen LogP contribution in [0.15, 0.2) is 58.7 Å². The summed E-state index contributed by atoms with van der Waals surface area (Å²) in [6.07, 6.45) is 3.77. The molecule has 1 atom stereocenters. The molecular weight excluding hydrogens is 348 g/mol. The average Bonchev–Trinajstić information content (AvgIpc) is 3.17. The monoisotopic (exact) mass is 358 g/mol. The van der Waals surface area contributed by atoms with E-state index < -0.39 is 0 Å². The molecular formula is C15H11BrN4S. The third kappa shape index (κ3) is 2.30. The number of allylic oxidation sites excluding steroid dienone is 1. The van der Waals surface area contributed by atoms with E-state index in [2.05, 4.69) is 67.1 Å². The standard InChI is InChI=1S/C15H11BrN4S/c16-11-4-1-3-10(7-11)12-8-13(14-5-2-6-21-14)20-15(19-12)17-9-18-20/h1-9,13H,(H,17,18,19). The van der Waals surface area contributed by atoms with Crippen molar-refractivity contribution >= 4 is 38.9 Å². The van der Waals surface area contributed by atoms with Crippen molar-refractivity contribution in [2.75, 3.05) is 5.32 Å². The van der Waals surface area contributed by atoms with Crippen LogP contribution in [0.3, 0.4) is 0 Å². The Kier molecular flexibility index (Phi) is 3.12. The number of nitrogens with one attached hydrogen (secondary N) is 1. The SMILES string of the molecule is Brc1cccc(C2=CC(c3cccs3)n3ncnc3N2)c1. The summed E-state index contributed by atoms with van der Waals surface area (Å²) in [7, 11) is 0. The van der Waals surface area contributed by atoms with Gasteiger partial charge < -0.3 is 5.32 Å². The molecule has 1 N–H and O–H groups in total. The lowest BCUT2D eigenvalue weighted by Gasteiger charge is -2.23. The van der Waals surface area contributed by atoms with E-state index in [-0.39, 0.29) is 6.04 Å². The molecule has 4 rings (SSSR count). The summed E-state index contributed by atoms with van der Waals surface area (Å²) < 4.78 is 2.97. The molecule has 1 aromatic carbocycles. The van der Waals surface area contributed by atoms with Gasteiger partial charge in [-0.25, -0.2) is 4.68 Å². The van der Waals surface area contributed by atoms with Gasteiger partial charge in [-0.05, 0) is 35.2 Å². The van der Waals surface area contributed by atoms with Crippen molar-refractivity contribution in [2.24, 2.45) is 0 Å². The first-order chi connectivity index (χ1) is 10.3. The minimum absolute atomic E-state index is 0.0812. The van der Waals surface area contributed by atoms with Gasteiger partial charge in [0.2, 0.25) is 5.95 Å². The van der Waals surface area contributed by atoms with Gasteiger partial charge in [-0.15, -0.1) is 11.3 Å². The molecule has 0 saturated heterocycles. The van der Waals surface area contributed by atoms with Gasteiger partial charge in [0.1, 0.15) is 12.4 Å². The zero-order valence-electron chi connectivity index (χ0n) is 10.9. The Hall–Kier alpha value is -1.92. The molecule has 6 heteroatoms. The highest BCUT2D eigenvalue weighted by molar-refractivity contribution is 9.10. The van der Waals surface area contributed by atoms with Gasteiger partial charge >= 0.3 is 0 Å². The molecule has 0 amide bonds. The Morgan fingerprint density at radius 2 is 2.19 bits per heavy atom. The smallest absolute Gasteiger partial charge is 0.226 e. The maximum absolute atomic E-state index is 4.34. The highest BCUT2D eigenvalue weighted by atomic mass is 79.9. The lowest BCUT2D eigenvalue weighted by atomic mass is 10.1. The van der Waals surface area contributed by atoms with Gasteiger partial charge in [-0.2, -0.15) is 10.1 Å². The topological polar surface area (TPSA) is 42.7 Å². The van der Waals surface area contributed by atoms with Crippen LogP contribution in [0.1, 0.15) is 16.5 Å². The lowest BCUT2D eigenvalue weighted by molar-refractivity contribution is 0.620. The Bertz CT molecular complexity index is 807. The Morgan fingerprint density at radius 3 is 3.00 bits per heavy atom. The third-order valence-corrected chi connectivity index (χ3v) is 4.81. The molecule has 0 bridgehead atoms. The molecule has 4 nitrogen and oxygen atoms in total. The first-order valence-electron chi connectivity index (χ1n) is 6.49. The van der Waals surface area contributed by atoms with Crippen LogP contribution >= 0.6 is 27.3 Å². The summed E-state index contributed by atoms with van der Waals surface area (Å²) in [4.78, 5) is 5.55. The molecule has 2 aromatic heterocycles. The molecule has 21 heavy (non-hydrogen) atoms. The molecule has 3 heterocycles. The maximum atomic E-state index is 4.34. The summed E-state index contributed by atoms with van der Waals surface area (Å²) in [5.41, 5.74) is 2.18. The molecule has 1 aliphatic rings. The molecule has 1 unspecified atom stereocenters. The van der Waals surface area contributed by atoms with Gasteiger partial charge in [-0.1, -0.05) is 34.1 Å². The van der Waals surface area contributed by atoms with Gasteiger partial charge in [0, 0.05) is 15.0 Å². The fraction of sp³-hybridized carbons (Fsp3) is 0.0667. The minimum atomic E-state index is 0.0812. The zero-order chi connectivity index (χ0) is 14.2. The molecule has 0 radical (unpaired) electrons. The minimum Gasteiger partial charge on any atom is -0.324 e. The number of hydrogen-bond acceptors (Lipinski definition) is 4. The van der Waals surface area contributed by atoms with Crippen LogP contribution in [-0.2, 0) is 0 Å². The fourth-order valence-corrected chi connectivity index (χ4v) is 3.60. The number of fused-ring (bicyclic) bond motifs is 1. The van der Waals surface area contributed by atoms with Crippen LogP contribution in [0.4, 0.5) is 5.95 Å². The summed E-state index contributed by atoms with van der Waals surface area (Å²) in [6, 6.07) is 12.5. The molecule has 3 aromatic rings. The van der Waals surface area contributed by atoms with Gasteiger partial charge in [0.05, 0.1) is 0 Å². The van der Waals surface area contributed by atoms with Crippen LogP contribution in [0.25, 0.3) is 5.70 Å². The number of halogens is 1. The van der Waals surface area contributed by atoms with Gasteiger partial charge in [0.25, 0.3) is 0 Å². The maximum Gasteiger partial charge on any atom is 0.226 e. The number of thiophene rings is 1. The lowest BCUT2D eigenvalue weighted by Crippen LogP contribution is -2.19. The van der Waals surface area contributed by atoms with Gasteiger partial charge in [-0.3, -0.25) is 0 Å². The number of nitrogens with zero attached hydrogens (tertiary/aromatic N) is 3. The van der Waals surface area contributed by atoms with Crippen LogP contribution < -0.4 is 5.32 Å². The molecule has 104 valence electrons. The molecule has 1 aliphatic heterocycles. The number of hydrogen-bond donors (Lipinski definition) is 1. The van der Waals surface area contributed by atoms with Crippen molar-refractivity contribution in [3.63, 3.8) is 0 Å². The van der Waals surface area contributed by atoms with Crippen molar-refractivity contribution in [2.45, 2.75) is 6.04 Å². The van der Waals surface area contributed by atoms with E-state index in [0.29, 0.717) is 0 Å². The molecule has 0 saturated carbocycles. The largest absolute Gasteiger partial charge is 0.324 e. The van der Waals surface area contributed by atoms with Crippen LogP contribution in [0.5, 0.6) is 0 Å². The second-order valence-electron chi connectivity index (χ2n) is 4.70. The summed E-state index contributed by atoms with van der Waals surface area (Å²) in [6.45, 7) is 0. The van der Waals surface area contributed by atoms with E-state index >= 15 is 0 Å². The van der Waals surface area contributed by atoms with E-state index in [9.17, 15) is 0 Å². The fourth-order valence-electron chi connectivity index (χ4n) is 2.42. The number of benzene rings is 1. The predicted octanol–water partition coefficient (Wildman–Crippen LogP) is 4.16. The van der Waals surface area contributed by atoms with E-state index in [1.807, 2.05) is 16.8 Å². The van der Waals surface area contributed by atoms with E-state index in [4.69, 9.17) is 0 Å². The Labute approximate surface area is 134 Å². The summed E-state index contributed by atoms with van der Waals surface area (Å²) in [5, 5.41) is 9.77. The molecule has 0 spiro atoms. The van der Waals surface area contributed by atoms with Crippen LogP contribution in [-0.4, -0.2) is 14.8 Å². The molecule has 0 fully saturated rings. The zero-order valence-corrected chi connectivity index (χ0v) is 13.3. The van der Waals surface area contributed by atoms with Crippen molar-refractivity contribution < 1.29 is 0 Å². The summed E-state index contributed by atoms with van der Waals surface area (Å²) >= 11 is 5.25. The number of anilines is 1.